The van der Waals surface area contributed by atoms with E-state index in [-0.39, 0.29) is 23.7 Å². The van der Waals surface area contributed by atoms with Crippen molar-refractivity contribution in [3.63, 3.8) is 0 Å². The molecule has 25 heavy (non-hydrogen) atoms. The second-order valence-corrected chi connectivity index (χ2v) is 5.37. The van der Waals surface area contributed by atoms with Crippen LogP contribution in [0.2, 0.25) is 0 Å². The maximum absolute atomic E-state index is 12.2. The van der Waals surface area contributed by atoms with E-state index >= 15 is 0 Å². The number of benzene rings is 1. The van der Waals surface area contributed by atoms with Crippen LogP contribution in [0.3, 0.4) is 0 Å². The fourth-order valence-corrected chi connectivity index (χ4v) is 2.44. The first kappa shape index (κ1) is 16.3. The number of amides is 1. The molecule has 0 spiro atoms. The van der Waals surface area contributed by atoms with Gasteiger partial charge in [-0.25, -0.2) is 0 Å². The maximum Gasteiger partial charge on any atom is 0.270 e. The predicted molar refractivity (Wildman–Crippen MR) is 90.7 cm³/mol. The van der Waals surface area contributed by atoms with Crippen LogP contribution in [0.4, 0.5) is 5.69 Å². The first-order valence-electron chi connectivity index (χ1n) is 7.50. The summed E-state index contributed by atoms with van der Waals surface area (Å²) in [4.78, 5) is 26.4. The highest BCUT2D eigenvalue weighted by Gasteiger charge is 2.13. The van der Waals surface area contributed by atoms with Crippen LogP contribution in [0, 0.1) is 10.1 Å². The summed E-state index contributed by atoms with van der Waals surface area (Å²) in [5, 5.41) is 17.9. The minimum atomic E-state index is -0.531. The molecule has 1 amide bonds. The fourth-order valence-electron chi connectivity index (χ4n) is 2.44. The highest BCUT2D eigenvalue weighted by molar-refractivity contribution is 5.94. The first-order valence-corrected chi connectivity index (χ1v) is 7.50. The van der Waals surface area contributed by atoms with Crippen molar-refractivity contribution < 1.29 is 9.72 Å². The van der Waals surface area contributed by atoms with Crippen molar-refractivity contribution in [2.45, 2.75) is 6.54 Å². The fraction of sp³-hybridized carbons (Fsp3) is 0.118. The third-order valence-electron chi connectivity index (χ3n) is 3.66. The van der Waals surface area contributed by atoms with Crippen LogP contribution >= 0.6 is 0 Å². The Balaban J connectivity index is 1.71. The molecule has 0 radical (unpaired) electrons. The minimum absolute atomic E-state index is 0.120. The molecular weight excluding hydrogens is 322 g/mol. The van der Waals surface area contributed by atoms with E-state index in [0.29, 0.717) is 5.69 Å². The first-order chi connectivity index (χ1) is 12.0. The van der Waals surface area contributed by atoms with E-state index in [9.17, 15) is 14.9 Å². The molecule has 2 aromatic heterocycles. The van der Waals surface area contributed by atoms with Crippen LogP contribution in [0.5, 0.6) is 0 Å². The normalized spacial score (nSPS) is 10.4. The third-order valence-corrected chi connectivity index (χ3v) is 3.66. The van der Waals surface area contributed by atoms with Gasteiger partial charge in [0.2, 0.25) is 0 Å². The number of aromatic nitrogens is 3. The predicted octanol–water partition coefficient (Wildman–Crippen LogP) is 2.32. The number of carbonyl (C=O) groups excluding carboxylic acids is 1. The molecular formula is C17H15N5O3. The minimum Gasteiger partial charge on any atom is -0.346 e. The van der Waals surface area contributed by atoms with Crippen molar-refractivity contribution in [1.29, 1.82) is 0 Å². The van der Waals surface area contributed by atoms with Crippen molar-refractivity contribution >= 4 is 11.6 Å². The van der Waals surface area contributed by atoms with Gasteiger partial charge < -0.3 is 5.32 Å². The summed E-state index contributed by atoms with van der Waals surface area (Å²) in [7, 11) is 1.82. The van der Waals surface area contributed by atoms with Crippen molar-refractivity contribution in [2.75, 3.05) is 0 Å². The van der Waals surface area contributed by atoms with Gasteiger partial charge in [-0.2, -0.15) is 5.10 Å². The molecule has 2 heterocycles. The molecule has 0 bridgehead atoms. The number of nitro groups is 1. The van der Waals surface area contributed by atoms with Crippen molar-refractivity contribution in [3.8, 4) is 11.3 Å². The molecule has 8 heteroatoms. The van der Waals surface area contributed by atoms with E-state index in [1.807, 2.05) is 25.2 Å². The maximum atomic E-state index is 12.2. The Bertz CT molecular complexity index is 921. The SMILES string of the molecule is Cn1nc(CNC(=O)c2cccc([N+](=O)[O-])c2)cc1-c1ccncc1. The second-order valence-electron chi connectivity index (χ2n) is 5.37. The van der Waals surface area contributed by atoms with E-state index in [1.54, 1.807) is 17.1 Å². The lowest BCUT2D eigenvalue weighted by atomic mass is 10.2. The molecule has 0 saturated heterocycles. The van der Waals surface area contributed by atoms with Gasteiger partial charge in [0.1, 0.15) is 0 Å². The number of nitrogens with zero attached hydrogens (tertiary/aromatic N) is 4. The third kappa shape index (κ3) is 3.69. The summed E-state index contributed by atoms with van der Waals surface area (Å²) >= 11 is 0. The molecule has 126 valence electrons. The lowest BCUT2D eigenvalue weighted by molar-refractivity contribution is -0.384. The molecule has 1 N–H and O–H groups in total. The summed E-state index contributed by atoms with van der Waals surface area (Å²) in [6.07, 6.45) is 3.40. The Morgan fingerprint density at radius 1 is 1.24 bits per heavy atom. The summed E-state index contributed by atoms with van der Waals surface area (Å²) in [5.41, 5.74) is 2.68. The van der Waals surface area contributed by atoms with Crippen LogP contribution in [-0.2, 0) is 13.6 Å². The number of pyridine rings is 1. The molecule has 0 unspecified atom stereocenters. The second kappa shape index (κ2) is 6.91. The molecule has 0 aliphatic heterocycles. The smallest absolute Gasteiger partial charge is 0.270 e. The van der Waals surface area contributed by atoms with Gasteiger partial charge in [0, 0.05) is 42.7 Å². The molecule has 0 aliphatic carbocycles. The Hall–Kier alpha value is -3.55. The average molecular weight is 337 g/mol. The molecule has 8 nitrogen and oxygen atoms in total. The zero-order valence-electron chi connectivity index (χ0n) is 13.4. The summed E-state index contributed by atoms with van der Waals surface area (Å²) in [6.45, 7) is 0.223. The van der Waals surface area contributed by atoms with E-state index in [1.165, 1.54) is 24.3 Å². The van der Waals surface area contributed by atoms with Gasteiger partial charge in [-0.15, -0.1) is 0 Å². The quantitative estimate of drug-likeness (QED) is 0.568. The van der Waals surface area contributed by atoms with Gasteiger partial charge in [0.25, 0.3) is 11.6 Å². The molecule has 1 aromatic carbocycles. The molecule has 3 aromatic rings. The lowest BCUT2D eigenvalue weighted by Crippen LogP contribution is -2.23. The van der Waals surface area contributed by atoms with E-state index in [0.717, 1.165) is 11.3 Å². The molecule has 0 aliphatic rings. The van der Waals surface area contributed by atoms with Gasteiger partial charge in [0.15, 0.2) is 0 Å². The van der Waals surface area contributed by atoms with Gasteiger partial charge in [-0.05, 0) is 24.3 Å². The Labute approximate surface area is 143 Å². The zero-order chi connectivity index (χ0) is 17.8. The molecule has 0 atom stereocenters. The van der Waals surface area contributed by atoms with E-state index < -0.39 is 4.92 Å². The summed E-state index contributed by atoms with van der Waals surface area (Å²) in [6, 6.07) is 11.2. The molecule has 3 rings (SSSR count). The number of aryl methyl sites for hydroxylation is 1. The van der Waals surface area contributed by atoms with E-state index in [2.05, 4.69) is 15.4 Å². The van der Waals surface area contributed by atoms with Gasteiger partial charge in [0.05, 0.1) is 22.9 Å². The van der Waals surface area contributed by atoms with Crippen LogP contribution in [0.1, 0.15) is 16.1 Å². The lowest BCUT2D eigenvalue weighted by Gasteiger charge is -2.03. The van der Waals surface area contributed by atoms with Gasteiger partial charge in [-0.1, -0.05) is 6.07 Å². The Morgan fingerprint density at radius 3 is 2.72 bits per heavy atom. The molecule has 0 saturated carbocycles. The summed E-state index contributed by atoms with van der Waals surface area (Å²) < 4.78 is 1.73. The van der Waals surface area contributed by atoms with Crippen LogP contribution in [-0.4, -0.2) is 25.6 Å². The number of hydrogen-bond acceptors (Lipinski definition) is 5. The number of hydrogen-bond donors (Lipinski definition) is 1. The number of non-ortho nitro benzene ring substituents is 1. The Kier molecular flexibility index (Phi) is 4.51. The van der Waals surface area contributed by atoms with Crippen LogP contribution in [0.15, 0.2) is 54.9 Å². The van der Waals surface area contributed by atoms with E-state index in [4.69, 9.17) is 0 Å². The topological polar surface area (TPSA) is 103 Å². The van der Waals surface area contributed by atoms with Crippen molar-refractivity contribution in [2.24, 2.45) is 7.05 Å². The van der Waals surface area contributed by atoms with Gasteiger partial charge >= 0.3 is 0 Å². The largest absolute Gasteiger partial charge is 0.346 e. The van der Waals surface area contributed by atoms with Gasteiger partial charge in [-0.3, -0.25) is 24.6 Å². The highest BCUT2D eigenvalue weighted by Crippen LogP contribution is 2.19. The van der Waals surface area contributed by atoms with Crippen molar-refractivity contribution in [3.05, 3.63) is 76.2 Å². The number of nitro benzene ring substituents is 1. The number of rotatable bonds is 5. The van der Waals surface area contributed by atoms with Crippen molar-refractivity contribution in [1.82, 2.24) is 20.1 Å². The Morgan fingerprint density at radius 2 is 2.00 bits per heavy atom. The highest BCUT2D eigenvalue weighted by atomic mass is 16.6. The number of nitrogens with one attached hydrogen (secondary N) is 1. The van der Waals surface area contributed by atoms with Crippen LogP contribution < -0.4 is 5.32 Å². The van der Waals surface area contributed by atoms with Crippen LogP contribution in [0.25, 0.3) is 11.3 Å². The zero-order valence-corrected chi connectivity index (χ0v) is 13.4. The summed E-state index contributed by atoms with van der Waals surface area (Å²) in [5.74, 6) is -0.389. The average Bonchev–Trinajstić information content (AvgIpc) is 3.01. The standard InChI is InChI=1S/C17H15N5O3/c1-21-16(12-5-7-18-8-6-12)10-14(20-21)11-19-17(23)13-3-2-4-15(9-13)22(24)25/h2-10H,11H2,1H3,(H,19,23). The molecule has 0 fully saturated rings. The number of carbonyl (C=O) groups is 1. The monoisotopic (exact) mass is 337 g/mol.